The van der Waals surface area contributed by atoms with E-state index in [9.17, 15) is 4.39 Å². The van der Waals surface area contributed by atoms with Crippen molar-refractivity contribution in [1.29, 1.82) is 0 Å². The molecule has 0 fully saturated rings. The van der Waals surface area contributed by atoms with Gasteiger partial charge in [-0.2, -0.15) is 5.10 Å². The van der Waals surface area contributed by atoms with Gasteiger partial charge in [0.1, 0.15) is 11.5 Å². The number of nitrogens with zero attached hydrogens (tertiary/aromatic N) is 5. The molecule has 0 atom stereocenters. The molecule has 0 saturated heterocycles. The fourth-order valence-electron chi connectivity index (χ4n) is 3.21. The lowest BCUT2D eigenvalue weighted by molar-refractivity contribution is 0.398. The highest BCUT2D eigenvalue weighted by Crippen LogP contribution is 2.23. The Morgan fingerprint density at radius 3 is 2.62 bits per heavy atom. The Labute approximate surface area is 165 Å². The summed E-state index contributed by atoms with van der Waals surface area (Å²) in [6, 6.07) is 17.7. The fourth-order valence-corrected chi connectivity index (χ4v) is 3.21. The molecular formula is C22H16FN5O. The minimum Gasteiger partial charge on any atom is -0.481 e. The minimum atomic E-state index is -0.266. The average Bonchev–Trinajstić information content (AvgIpc) is 3.41. The summed E-state index contributed by atoms with van der Waals surface area (Å²) in [6.45, 7) is 0. The molecule has 1 aromatic carbocycles. The van der Waals surface area contributed by atoms with E-state index in [4.69, 9.17) is 4.74 Å². The largest absolute Gasteiger partial charge is 0.481 e. The van der Waals surface area contributed by atoms with Crippen molar-refractivity contribution in [3.05, 3.63) is 85.1 Å². The third-order valence-electron chi connectivity index (χ3n) is 4.68. The summed E-state index contributed by atoms with van der Waals surface area (Å²) in [5.74, 6) is 0.280. The molecule has 0 unspecified atom stereocenters. The highest BCUT2D eigenvalue weighted by molar-refractivity contribution is 5.62. The number of halogens is 1. The molecule has 4 heterocycles. The van der Waals surface area contributed by atoms with Crippen LogP contribution in [0.1, 0.15) is 0 Å². The lowest BCUT2D eigenvalue weighted by Gasteiger charge is -2.06. The van der Waals surface area contributed by atoms with Crippen molar-refractivity contribution in [2.75, 3.05) is 7.11 Å². The normalized spacial score (nSPS) is 11.1. The zero-order valence-electron chi connectivity index (χ0n) is 15.5. The highest BCUT2D eigenvalue weighted by Gasteiger charge is 2.10. The zero-order valence-corrected chi connectivity index (χ0v) is 15.5. The van der Waals surface area contributed by atoms with Crippen LogP contribution in [0.5, 0.6) is 5.88 Å². The molecule has 0 aliphatic carbocycles. The van der Waals surface area contributed by atoms with E-state index in [0.29, 0.717) is 5.88 Å². The molecule has 142 valence electrons. The summed E-state index contributed by atoms with van der Waals surface area (Å²) >= 11 is 0. The third-order valence-corrected chi connectivity index (χ3v) is 4.68. The summed E-state index contributed by atoms with van der Waals surface area (Å²) in [5.41, 5.74) is 4.92. The van der Waals surface area contributed by atoms with Crippen LogP contribution in [0.15, 0.2) is 79.3 Å². The summed E-state index contributed by atoms with van der Waals surface area (Å²) in [4.78, 5) is 8.96. The Morgan fingerprint density at radius 1 is 0.931 bits per heavy atom. The maximum absolute atomic E-state index is 13.2. The van der Waals surface area contributed by atoms with Gasteiger partial charge in [0.2, 0.25) is 5.88 Å². The van der Waals surface area contributed by atoms with Crippen LogP contribution >= 0.6 is 0 Å². The first-order valence-corrected chi connectivity index (χ1v) is 9.02. The van der Waals surface area contributed by atoms with Gasteiger partial charge in [-0.05, 0) is 48.5 Å². The molecule has 0 radical (unpaired) electrons. The van der Waals surface area contributed by atoms with Crippen LogP contribution in [0.4, 0.5) is 4.39 Å². The van der Waals surface area contributed by atoms with Crippen LogP contribution in [0.2, 0.25) is 0 Å². The van der Waals surface area contributed by atoms with Gasteiger partial charge in [-0.25, -0.2) is 19.0 Å². The molecule has 0 aliphatic heterocycles. The van der Waals surface area contributed by atoms with Crippen LogP contribution in [-0.2, 0) is 0 Å². The topological polar surface area (TPSA) is 57.2 Å². The second kappa shape index (κ2) is 6.87. The fraction of sp³-hybridized carbons (Fsp3) is 0.0455. The third kappa shape index (κ3) is 3.12. The Bertz CT molecular complexity index is 1310. The van der Waals surface area contributed by atoms with Crippen LogP contribution in [0, 0.1) is 5.82 Å². The summed E-state index contributed by atoms with van der Waals surface area (Å²) in [7, 11) is 1.59. The van der Waals surface area contributed by atoms with Crippen molar-refractivity contribution in [2.45, 2.75) is 0 Å². The number of rotatable bonds is 4. The summed E-state index contributed by atoms with van der Waals surface area (Å²) in [6.07, 6.45) is 5.62. The van der Waals surface area contributed by atoms with E-state index in [1.54, 1.807) is 36.2 Å². The van der Waals surface area contributed by atoms with Crippen LogP contribution in [-0.4, -0.2) is 31.3 Å². The van der Waals surface area contributed by atoms with Crippen molar-refractivity contribution in [3.8, 4) is 34.2 Å². The lowest BCUT2D eigenvalue weighted by atomic mass is 10.1. The van der Waals surface area contributed by atoms with Crippen molar-refractivity contribution < 1.29 is 9.13 Å². The Kier molecular flexibility index (Phi) is 4.05. The molecule has 0 aliphatic rings. The van der Waals surface area contributed by atoms with Gasteiger partial charge in [0, 0.05) is 24.0 Å². The van der Waals surface area contributed by atoms with Crippen molar-refractivity contribution in [1.82, 2.24) is 24.1 Å². The van der Waals surface area contributed by atoms with Gasteiger partial charge in [0.15, 0.2) is 0 Å². The molecule has 29 heavy (non-hydrogen) atoms. The predicted octanol–water partition coefficient (Wildman–Crippen LogP) is 4.40. The number of fused-ring (bicyclic) bond motifs is 1. The number of pyridine rings is 2. The highest BCUT2D eigenvalue weighted by atomic mass is 19.1. The number of aromatic nitrogens is 5. The molecule has 0 amide bonds. The monoisotopic (exact) mass is 385 g/mol. The van der Waals surface area contributed by atoms with E-state index < -0.39 is 0 Å². The maximum Gasteiger partial charge on any atom is 0.213 e. The number of methoxy groups -OCH3 is 1. The van der Waals surface area contributed by atoms with Crippen LogP contribution in [0.25, 0.3) is 34.0 Å². The van der Waals surface area contributed by atoms with Crippen LogP contribution in [0.3, 0.4) is 0 Å². The van der Waals surface area contributed by atoms with Gasteiger partial charge in [0.25, 0.3) is 0 Å². The Balaban J connectivity index is 1.56. The number of imidazole rings is 1. The predicted molar refractivity (Wildman–Crippen MR) is 107 cm³/mol. The second-order valence-electron chi connectivity index (χ2n) is 6.48. The van der Waals surface area contributed by atoms with Gasteiger partial charge in [-0.3, -0.25) is 4.40 Å². The molecule has 0 bridgehead atoms. The first kappa shape index (κ1) is 17.1. The zero-order chi connectivity index (χ0) is 19.8. The summed E-state index contributed by atoms with van der Waals surface area (Å²) < 4.78 is 22.1. The van der Waals surface area contributed by atoms with E-state index in [1.165, 1.54) is 12.1 Å². The summed E-state index contributed by atoms with van der Waals surface area (Å²) in [5, 5.41) is 4.63. The smallest absolute Gasteiger partial charge is 0.213 e. The molecule has 0 saturated carbocycles. The standard InChI is InChI=1S/C22H16FN5O/c1-29-22-4-2-3-19(25-22)20-13-24-21-10-9-17(14-27(20)21)28-12-11-18(26-28)15-5-7-16(23)8-6-15/h2-14H,1H3. The average molecular weight is 385 g/mol. The maximum atomic E-state index is 13.2. The number of ether oxygens (including phenoxy) is 1. The van der Waals surface area contributed by atoms with Gasteiger partial charge >= 0.3 is 0 Å². The Hall–Kier alpha value is -4.00. The second-order valence-corrected chi connectivity index (χ2v) is 6.48. The van der Waals surface area contributed by atoms with Crippen molar-refractivity contribution >= 4 is 5.65 Å². The van der Waals surface area contributed by atoms with E-state index >= 15 is 0 Å². The van der Waals surface area contributed by atoms with Gasteiger partial charge < -0.3 is 4.74 Å². The van der Waals surface area contributed by atoms with Crippen LogP contribution < -0.4 is 4.74 Å². The SMILES string of the molecule is COc1cccc(-c2cnc3ccc(-n4ccc(-c5ccc(F)cc5)n4)cn23)n1. The van der Waals surface area contributed by atoms with Crippen molar-refractivity contribution in [2.24, 2.45) is 0 Å². The molecular weight excluding hydrogens is 369 g/mol. The molecule has 4 aromatic heterocycles. The molecule has 5 rings (SSSR count). The van der Waals surface area contributed by atoms with E-state index in [0.717, 1.165) is 34.0 Å². The molecule has 0 N–H and O–H groups in total. The molecule has 5 aromatic rings. The number of benzene rings is 1. The molecule has 6 nitrogen and oxygen atoms in total. The first-order chi connectivity index (χ1) is 14.2. The van der Waals surface area contributed by atoms with E-state index in [1.807, 2.05) is 47.1 Å². The first-order valence-electron chi connectivity index (χ1n) is 9.02. The number of hydrogen-bond donors (Lipinski definition) is 0. The van der Waals surface area contributed by atoms with E-state index in [2.05, 4.69) is 15.1 Å². The van der Waals surface area contributed by atoms with Gasteiger partial charge in [-0.1, -0.05) is 6.07 Å². The van der Waals surface area contributed by atoms with Gasteiger partial charge in [-0.15, -0.1) is 0 Å². The van der Waals surface area contributed by atoms with E-state index in [-0.39, 0.29) is 5.82 Å². The lowest BCUT2D eigenvalue weighted by Crippen LogP contribution is -1.99. The molecule has 0 spiro atoms. The minimum absolute atomic E-state index is 0.266. The quantitative estimate of drug-likeness (QED) is 0.460. The molecule has 7 heteroatoms. The van der Waals surface area contributed by atoms with Crippen molar-refractivity contribution in [3.63, 3.8) is 0 Å². The number of hydrogen-bond acceptors (Lipinski definition) is 4. The van der Waals surface area contributed by atoms with Gasteiger partial charge in [0.05, 0.1) is 36.1 Å². The Morgan fingerprint density at radius 2 is 1.79 bits per heavy atom.